The van der Waals surface area contributed by atoms with Crippen LogP contribution in [0.25, 0.3) is 0 Å². The predicted molar refractivity (Wildman–Crippen MR) is 137 cm³/mol. The minimum atomic E-state index is -1.61. The van der Waals surface area contributed by atoms with Crippen molar-refractivity contribution in [1.82, 2.24) is 19.8 Å². The van der Waals surface area contributed by atoms with Crippen LogP contribution in [0.2, 0.25) is 0 Å². The van der Waals surface area contributed by atoms with Gasteiger partial charge in [0, 0.05) is 33.7 Å². The van der Waals surface area contributed by atoms with E-state index >= 15 is 0 Å². The van der Waals surface area contributed by atoms with Gasteiger partial charge in [-0.2, -0.15) is 0 Å². The molecule has 0 unspecified atom stereocenters. The zero-order valence-electron chi connectivity index (χ0n) is 17.2. The Morgan fingerprint density at radius 1 is 0.839 bits per heavy atom. The van der Waals surface area contributed by atoms with Crippen LogP contribution in [0.5, 0.6) is 0 Å². The van der Waals surface area contributed by atoms with Crippen molar-refractivity contribution in [3.63, 3.8) is 0 Å². The fourth-order valence-electron chi connectivity index (χ4n) is 2.06. The second-order valence-corrected chi connectivity index (χ2v) is 13.7. The molecule has 4 rings (SSSR count). The van der Waals surface area contributed by atoms with E-state index in [0.717, 1.165) is 14.5 Å². The van der Waals surface area contributed by atoms with Gasteiger partial charge in [-0.05, 0) is 83.3 Å². The molecular weight excluding hydrogens is 652 g/mol. The fraction of sp³-hybridized carbons (Fsp3) is 0.182. The molecule has 9 heteroatoms. The molecule has 2 aromatic heterocycles. The Labute approximate surface area is 215 Å². The van der Waals surface area contributed by atoms with Crippen molar-refractivity contribution in [1.29, 1.82) is 0 Å². The summed E-state index contributed by atoms with van der Waals surface area (Å²) in [6.45, 7) is 4.47. The Hall–Kier alpha value is -0.527. The van der Waals surface area contributed by atoms with E-state index in [2.05, 4.69) is 72.4 Å². The molecule has 0 spiro atoms. The predicted octanol–water partition coefficient (Wildman–Crippen LogP) is 6.43. The fourth-order valence-corrected chi connectivity index (χ4v) is 4.43. The third-order valence-electron chi connectivity index (χ3n) is 3.45. The van der Waals surface area contributed by atoms with Crippen molar-refractivity contribution in [3.05, 3.63) is 101 Å². The number of nitrogens with zero attached hydrogens (tertiary/aromatic N) is 4. The number of rotatable bonds is 1. The van der Waals surface area contributed by atoms with E-state index in [1.54, 1.807) is 24.8 Å². The van der Waals surface area contributed by atoms with Crippen LogP contribution >= 0.6 is 51.2 Å². The molecule has 0 N–H and O–H groups in total. The summed E-state index contributed by atoms with van der Waals surface area (Å²) in [6, 6.07) is 17.5. The van der Waals surface area contributed by atoms with Gasteiger partial charge in [-0.3, -0.25) is 9.97 Å². The minimum absolute atomic E-state index is 1.02. The zero-order chi connectivity index (χ0) is 22.9. The van der Waals surface area contributed by atoms with Gasteiger partial charge in [0.15, 0.2) is 0 Å². The maximum atomic E-state index is 5.67. The van der Waals surface area contributed by atoms with Gasteiger partial charge in [0.1, 0.15) is 0 Å². The molecule has 31 heavy (non-hydrogen) atoms. The monoisotopic (exact) mass is 675 g/mol. The van der Waals surface area contributed by atoms with E-state index in [1.165, 1.54) is 13.1 Å². The molecule has 170 valence electrons. The van der Waals surface area contributed by atoms with E-state index in [0.29, 0.717) is 0 Å². The first-order valence-electron chi connectivity index (χ1n) is 9.11. The summed E-state index contributed by atoms with van der Waals surface area (Å²) < 4.78 is 3.97. The van der Waals surface area contributed by atoms with Crippen LogP contribution in [0.15, 0.2) is 88.3 Å². The van der Waals surface area contributed by atoms with Crippen LogP contribution in [0.4, 0.5) is 0 Å². The van der Waals surface area contributed by atoms with Crippen molar-refractivity contribution in [2.75, 3.05) is 27.2 Å². The molecule has 1 aliphatic rings. The quantitative estimate of drug-likeness (QED) is 0.220. The topological polar surface area (TPSA) is 32.3 Å². The van der Waals surface area contributed by atoms with Gasteiger partial charge in [0.2, 0.25) is 0 Å². The van der Waals surface area contributed by atoms with Gasteiger partial charge < -0.3 is 9.80 Å². The summed E-state index contributed by atoms with van der Waals surface area (Å²) in [4.78, 5) is 12.0. The van der Waals surface area contributed by atoms with Gasteiger partial charge in [-0.25, -0.2) is 6.67 Å². The molecule has 0 saturated carbocycles. The number of pyridine rings is 2. The van der Waals surface area contributed by atoms with Crippen molar-refractivity contribution < 1.29 is 13.5 Å². The molecule has 0 aliphatic carbocycles. The summed E-state index contributed by atoms with van der Waals surface area (Å²) in [5, 5.41) is 0. The molecule has 1 aromatic carbocycles. The number of hydrogen-bond acceptors (Lipinski definition) is 4. The Balaban J connectivity index is 0.000000209. The van der Waals surface area contributed by atoms with Crippen LogP contribution in [0.3, 0.4) is 0 Å². The van der Waals surface area contributed by atoms with Crippen LogP contribution < -0.4 is 0 Å². The van der Waals surface area contributed by atoms with Crippen molar-refractivity contribution in [3.8, 4) is 0 Å². The van der Waals surface area contributed by atoms with Crippen LogP contribution in [0.1, 0.15) is 5.56 Å². The molecule has 3 aromatic rings. The Morgan fingerprint density at radius 3 is 1.58 bits per heavy atom. The second-order valence-electron chi connectivity index (χ2n) is 6.14. The van der Waals surface area contributed by atoms with E-state index < -0.39 is 13.5 Å². The molecule has 4 nitrogen and oxygen atoms in total. The van der Waals surface area contributed by atoms with E-state index in [4.69, 9.17) is 19.4 Å². The molecular formula is C22H25Br2Cl2N4Ru-. The third-order valence-corrected chi connectivity index (χ3v) is 6.25. The first-order valence-corrected chi connectivity index (χ1v) is 16.2. The van der Waals surface area contributed by atoms with Crippen LogP contribution in [0, 0.1) is 6.67 Å². The first-order chi connectivity index (χ1) is 14.9. The molecule has 0 amide bonds. The number of likely N-dealkylation sites (N-methyl/N-ethyl adjacent to an activating group) is 2. The first kappa shape index (κ1) is 28.5. The standard InChI is InChI=1S/C7H6.2C5H4BrN.C5H11N2.2ClH.Ru/c1-7-5-3-2-4-6-7;2*6-5-2-1-3-7-4-5;1-6-3-4-7(2)5-6;;;/h1-6H;2*1-4H;5H,3-4H2,1-2H3;2*1H;/q;;;-1;;;+2/p-2. The Morgan fingerprint density at radius 2 is 1.32 bits per heavy atom. The van der Waals surface area contributed by atoms with Crippen molar-refractivity contribution in [2.24, 2.45) is 0 Å². The van der Waals surface area contributed by atoms with E-state index in [-0.39, 0.29) is 0 Å². The average Bonchev–Trinajstić information content (AvgIpc) is 3.13. The summed E-state index contributed by atoms with van der Waals surface area (Å²) in [5.41, 5.74) is 1.12. The maximum absolute atomic E-state index is 5.67. The number of aromatic nitrogens is 2. The van der Waals surface area contributed by atoms with Crippen LogP contribution in [-0.4, -0.2) is 51.6 Å². The van der Waals surface area contributed by atoms with Crippen molar-refractivity contribution in [2.45, 2.75) is 0 Å². The van der Waals surface area contributed by atoms with Crippen LogP contribution in [-0.2, 0) is 13.5 Å². The number of benzene rings is 1. The van der Waals surface area contributed by atoms with Gasteiger partial charge in [-0.1, -0.05) is 0 Å². The normalized spacial score (nSPS) is 13.4. The Bertz CT molecular complexity index is 810. The van der Waals surface area contributed by atoms with Crippen molar-refractivity contribution >= 4 is 55.9 Å². The average molecular weight is 677 g/mol. The molecule has 1 aliphatic heterocycles. The SMILES string of the molecule is Brc1cccnc1.Brc1cccnc1.CN1[CH-]N(C)CC1.[Cl][Ru]([Cl])=[CH]c1ccccc1. The van der Waals surface area contributed by atoms with Gasteiger partial charge in [-0.15, -0.1) is 0 Å². The molecule has 0 atom stereocenters. The number of halogens is 4. The summed E-state index contributed by atoms with van der Waals surface area (Å²) >= 11 is 4.88. The molecule has 1 saturated heterocycles. The molecule has 0 radical (unpaired) electrons. The summed E-state index contributed by atoms with van der Waals surface area (Å²) in [6.07, 6.45) is 6.98. The summed E-state index contributed by atoms with van der Waals surface area (Å²) in [5.74, 6) is 0. The van der Waals surface area contributed by atoms with Gasteiger partial charge in [0.25, 0.3) is 0 Å². The van der Waals surface area contributed by atoms with E-state index in [9.17, 15) is 0 Å². The summed E-state index contributed by atoms with van der Waals surface area (Å²) in [7, 11) is 15.5. The number of hydrogen-bond donors (Lipinski definition) is 0. The Kier molecular flexibility index (Phi) is 16.5. The third kappa shape index (κ3) is 16.7. The second kappa shape index (κ2) is 18.0. The molecule has 0 bridgehead atoms. The molecule has 1 fully saturated rings. The van der Waals surface area contributed by atoms with E-state index in [1.807, 2.05) is 59.2 Å². The molecule has 3 heterocycles. The zero-order valence-corrected chi connectivity index (χ0v) is 23.7. The van der Waals surface area contributed by atoms with Gasteiger partial charge >= 0.3 is 73.4 Å². The van der Waals surface area contributed by atoms with Gasteiger partial charge in [0.05, 0.1) is 0 Å².